The van der Waals surface area contributed by atoms with Crippen molar-refractivity contribution in [3.8, 4) is 0 Å². The lowest BCUT2D eigenvalue weighted by atomic mass is 10.1. The summed E-state index contributed by atoms with van der Waals surface area (Å²) in [6.07, 6.45) is -4.75. The van der Waals surface area contributed by atoms with Crippen LogP contribution in [0.15, 0.2) is 47.4 Å². The van der Waals surface area contributed by atoms with E-state index in [4.69, 9.17) is 6.57 Å². The molecule has 3 N–H and O–H groups in total. The molecule has 0 heterocycles. The van der Waals surface area contributed by atoms with Gasteiger partial charge in [-0.2, -0.15) is 13.2 Å². The minimum atomic E-state index is -4.75. The second-order valence-electron chi connectivity index (χ2n) is 6.56. The molecule has 0 fully saturated rings. The predicted molar refractivity (Wildman–Crippen MR) is 117 cm³/mol. The van der Waals surface area contributed by atoms with Crippen LogP contribution in [0.4, 0.5) is 30.2 Å². The van der Waals surface area contributed by atoms with Crippen LogP contribution in [0.2, 0.25) is 0 Å². The van der Waals surface area contributed by atoms with Crippen molar-refractivity contribution in [3.63, 3.8) is 0 Å². The molecule has 31 heavy (non-hydrogen) atoms. The number of alkyl halides is 4. The minimum absolute atomic E-state index is 0.0712. The normalized spacial score (nSPS) is 13.1. The second kappa shape index (κ2) is 10.2. The third-order valence-electron chi connectivity index (χ3n) is 3.95. The van der Waals surface area contributed by atoms with Crippen LogP contribution in [-0.2, 0) is 15.8 Å². The Morgan fingerprint density at radius 3 is 2.29 bits per heavy atom. The Bertz CT molecular complexity index is 1010. The van der Waals surface area contributed by atoms with Crippen molar-refractivity contribution in [1.29, 1.82) is 0 Å². The Morgan fingerprint density at radius 2 is 1.74 bits per heavy atom. The van der Waals surface area contributed by atoms with Crippen molar-refractivity contribution in [3.05, 3.63) is 59.4 Å². The molecule has 164 valence electrons. The molecule has 0 aliphatic heterocycles. The lowest BCUT2D eigenvalue weighted by Crippen LogP contribution is -2.42. The summed E-state index contributed by atoms with van der Waals surface area (Å²) in [5, 5.41) is 15.5. The van der Waals surface area contributed by atoms with Gasteiger partial charge in [-0.1, -0.05) is 22.0 Å². The molecule has 6 nitrogen and oxygen atoms in total. The first-order valence-electron chi connectivity index (χ1n) is 8.67. The number of hydrogen-bond acceptors (Lipinski definition) is 4. The summed E-state index contributed by atoms with van der Waals surface area (Å²) in [7, 11) is 0. The molecule has 2 amide bonds. The van der Waals surface area contributed by atoms with E-state index in [-0.39, 0.29) is 22.7 Å². The molecule has 0 radical (unpaired) electrons. The zero-order chi connectivity index (χ0) is 23.2. The molecule has 1 unspecified atom stereocenters. The molecule has 0 saturated carbocycles. The van der Waals surface area contributed by atoms with Crippen LogP contribution in [-0.4, -0.2) is 33.6 Å². The maximum Gasteiger partial charge on any atom is 0.407 e. The first-order valence-corrected chi connectivity index (χ1v) is 10.8. The van der Waals surface area contributed by atoms with Crippen LogP contribution in [0.5, 0.6) is 0 Å². The molecule has 0 aromatic heterocycles. The standard InChI is InChI=1S/C20H17BrF3N3O3S/c1-19(30,11-31-14-6-3-12(4-7-14)26-17(28)10-21)18(29)27-13-5-8-16(25-2)15(9-13)20(22,23)24/h3-9,30H,10-11H2,1H3,(H,26,28)(H,27,29). The van der Waals surface area contributed by atoms with E-state index in [1.165, 1.54) is 13.0 Å². The number of thioether (sulfide) groups is 1. The number of nitrogens with zero attached hydrogens (tertiary/aromatic N) is 1. The third kappa shape index (κ3) is 6.99. The molecule has 0 saturated heterocycles. The van der Waals surface area contributed by atoms with Gasteiger partial charge in [-0.25, -0.2) is 4.85 Å². The third-order valence-corrected chi connectivity index (χ3v) is 5.77. The highest BCUT2D eigenvalue weighted by Crippen LogP contribution is 2.38. The van der Waals surface area contributed by atoms with Crippen LogP contribution in [0.25, 0.3) is 4.85 Å². The summed E-state index contributed by atoms with van der Waals surface area (Å²) in [5.74, 6) is -1.17. The maximum atomic E-state index is 13.1. The van der Waals surface area contributed by atoms with Crippen LogP contribution in [0, 0.1) is 6.57 Å². The molecule has 2 aromatic carbocycles. The van der Waals surface area contributed by atoms with Crippen LogP contribution < -0.4 is 10.6 Å². The van der Waals surface area contributed by atoms with Gasteiger partial charge in [-0.15, -0.1) is 11.8 Å². The van der Waals surface area contributed by atoms with Gasteiger partial charge >= 0.3 is 6.18 Å². The van der Waals surface area contributed by atoms with Crippen LogP contribution >= 0.6 is 27.7 Å². The van der Waals surface area contributed by atoms with Crippen LogP contribution in [0.1, 0.15) is 12.5 Å². The number of carbonyl (C=O) groups is 2. The average Bonchev–Trinajstić information content (AvgIpc) is 2.72. The van der Waals surface area contributed by atoms with Gasteiger partial charge in [0.05, 0.1) is 17.5 Å². The SMILES string of the molecule is [C-]#[N+]c1ccc(NC(=O)C(C)(O)CSc2ccc(NC(=O)CBr)cc2)cc1C(F)(F)F. The predicted octanol–water partition coefficient (Wildman–Crippen LogP) is 5.07. The van der Waals surface area contributed by atoms with Gasteiger partial charge in [0.15, 0.2) is 5.69 Å². The van der Waals surface area contributed by atoms with E-state index in [2.05, 4.69) is 31.4 Å². The van der Waals surface area contributed by atoms with Crippen molar-refractivity contribution < 1.29 is 27.9 Å². The van der Waals surface area contributed by atoms with E-state index < -0.39 is 28.9 Å². The molecular formula is C20H17BrF3N3O3S. The number of anilines is 2. The number of benzene rings is 2. The summed E-state index contributed by atoms with van der Waals surface area (Å²) < 4.78 is 39.2. The fourth-order valence-electron chi connectivity index (χ4n) is 2.32. The van der Waals surface area contributed by atoms with Gasteiger partial charge < -0.3 is 15.7 Å². The lowest BCUT2D eigenvalue weighted by molar-refractivity contribution is -0.137. The largest absolute Gasteiger partial charge is 0.407 e. The lowest BCUT2D eigenvalue weighted by Gasteiger charge is -2.22. The van der Waals surface area contributed by atoms with E-state index in [1.54, 1.807) is 24.3 Å². The zero-order valence-corrected chi connectivity index (χ0v) is 18.5. The summed E-state index contributed by atoms with van der Waals surface area (Å²) >= 11 is 4.20. The summed E-state index contributed by atoms with van der Waals surface area (Å²) in [4.78, 5) is 27.3. The van der Waals surface area contributed by atoms with Crippen molar-refractivity contribution in [1.82, 2.24) is 0 Å². The van der Waals surface area contributed by atoms with Crippen molar-refractivity contribution in [2.24, 2.45) is 0 Å². The second-order valence-corrected chi connectivity index (χ2v) is 8.17. The van der Waals surface area contributed by atoms with Gasteiger partial charge in [-0.3, -0.25) is 9.59 Å². The summed E-state index contributed by atoms with van der Waals surface area (Å²) in [6, 6.07) is 9.51. The number of nitrogens with one attached hydrogen (secondary N) is 2. The van der Waals surface area contributed by atoms with Gasteiger partial charge in [0.2, 0.25) is 5.91 Å². The first-order chi connectivity index (χ1) is 14.5. The highest BCUT2D eigenvalue weighted by atomic mass is 79.9. The van der Waals surface area contributed by atoms with Crippen LogP contribution in [0.3, 0.4) is 0 Å². The topological polar surface area (TPSA) is 82.8 Å². The number of aliphatic hydroxyl groups is 1. The molecule has 11 heteroatoms. The van der Waals surface area contributed by atoms with E-state index in [0.29, 0.717) is 16.6 Å². The molecule has 0 bridgehead atoms. The molecule has 0 spiro atoms. The smallest absolute Gasteiger partial charge is 0.379 e. The number of amides is 2. The first kappa shape index (κ1) is 24.7. The molecule has 2 rings (SSSR count). The average molecular weight is 516 g/mol. The molecule has 0 aliphatic rings. The Labute approximate surface area is 189 Å². The Morgan fingerprint density at radius 1 is 1.13 bits per heavy atom. The minimum Gasteiger partial charge on any atom is -0.379 e. The molecule has 1 atom stereocenters. The number of carbonyl (C=O) groups excluding carboxylic acids is 2. The van der Waals surface area contributed by atoms with E-state index in [0.717, 1.165) is 17.8 Å². The van der Waals surface area contributed by atoms with Crippen molar-refractivity contribution >= 4 is 56.6 Å². The number of hydrogen-bond donors (Lipinski definition) is 3. The highest BCUT2D eigenvalue weighted by molar-refractivity contribution is 9.09. The molecular weight excluding hydrogens is 499 g/mol. The number of halogens is 4. The van der Waals surface area contributed by atoms with E-state index >= 15 is 0 Å². The van der Waals surface area contributed by atoms with Gasteiger partial charge in [-0.05, 0) is 43.3 Å². The monoisotopic (exact) mass is 515 g/mol. The Balaban J connectivity index is 2.03. The number of rotatable bonds is 7. The fraction of sp³-hybridized carbons (Fsp3) is 0.250. The maximum absolute atomic E-state index is 13.1. The molecule has 0 aliphatic carbocycles. The van der Waals surface area contributed by atoms with Crippen molar-refractivity contribution in [2.75, 3.05) is 21.7 Å². The fourth-order valence-corrected chi connectivity index (χ4v) is 3.37. The van der Waals surface area contributed by atoms with Gasteiger partial charge in [0, 0.05) is 22.0 Å². The Kier molecular flexibility index (Phi) is 8.11. The van der Waals surface area contributed by atoms with E-state index in [1.807, 2.05) is 0 Å². The van der Waals surface area contributed by atoms with E-state index in [9.17, 15) is 27.9 Å². The Hall–Kier alpha value is -2.55. The van der Waals surface area contributed by atoms with Gasteiger partial charge in [0.25, 0.3) is 5.91 Å². The summed E-state index contributed by atoms with van der Waals surface area (Å²) in [6.45, 7) is 8.09. The summed E-state index contributed by atoms with van der Waals surface area (Å²) in [5.41, 5.74) is -3.22. The molecule has 2 aromatic rings. The highest BCUT2D eigenvalue weighted by Gasteiger charge is 2.35. The quantitative estimate of drug-likeness (QED) is 0.273. The zero-order valence-electron chi connectivity index (χ0n) is 16.1. The van der Waals surface area contributed by atoms with Gasteiger partial charge in [0.1, 0.15) is 5.60 Å². The van der Waals surface area contributed by atoms with Crippen molar-refractivity contribution in [2.45, 2.75) is 23.6 Å².